The molecule has 0 aliphatic carbocycles. The van der Waals surface area contributed by atoms with E-state index >= 15 is 0 Å². The van der Waals surface area contributed by atoms with Crippen LogP contribution in [-0.4, -0.2) is 28.4 Å². The fourth-order valence-corrected chi connectivity index (χ4v) is 5.40. The Morgan fingerprint density at radius 1 is 1.12 bits per heavy atom. The lowest BCUT2D eigenvalue weighted by Crippen LogP contribution is -2.48. The van der Waals surface area contributed by atoms with E-state index in [9.17, 15) is 18.9 Å². The molecule has 0 aliphatic rings. The highest BCUT2D eigenvalue weighted by Crippen LogP contribution is 2.39. The molecule has 1 aromatic carbocycles. The van der Waals surface area contributed by atoms with Crippen molar-refractivity contribution in [1.29, 1.82) is 10.5 Å². The maximum Gasteiger partial charge on any atom is 0.241 e. The summed E-state index contributed by atoms with van der Waals surface area (Å²) in [7, 11) is -6.07. The van der Waals surface area contributed by atoms with E-state index in [0.717, 1.165) is 5.56 Å². The lowest BCUT2D eigenvalue weighted by Gasteiger charge is -2.39. The molecular weight excluding hydrogens is 438 g/mol. The molecule has 0 unspecified atom stereocenters. The van der Waals surface area contributed by atoms with Crippen LogP contribution in [0.2, 0.25) is 18.1 Å². The maximum absolute atomic E-state index is 12.8. The van der Waals surface area contributed by atoms with Crippen molar-refractivity contribution in [3.8, 4) is 12.1 Å². The van der Waals surface area contributed by atoms with E-state index in [0.29, 0.717) is 6.42 Å². The van der Waals surface area contributed by atoms with Gasteiger partial charge in [0.2, 0.25) is 15.6 Å². The van der Waals surface area contributed by atoms with Crippen LogP contribution in [0.1, 0.15) is 53.0 Å². The topological polar surface area (TPSA) is 103 Å². The van der Waals surface area contributed by atoms with Crippen LogP contribution in [0.3, 0.4) is 0 Å². The molecule has 1 aromatic rings. The summed E-state index contributed by atoms with van der Waals surface area (Å²) in [5.74, 6) is 0.241. The summed E-state index contributed by atoms with van der Waals surface area (Å²) >= 11 is 0. The maximum atomic E-state index is 12.8. The largest absolute Gasteiger partial charge is 0.388 e. The molecule has 0 saturated carbocycles. The fraction of sp³-hybridized carbons (Fsp3) is 0.583. The minimum absolute atomic E-state index is 0.0629. The number of nitrogens with zero attached hydrogens (tertiary/aromatic N) is 2. The Bertz CT molecular complexity index is 965. The third-order valence-corrected chi connectivity index (χ3v) is 11.7. The van der Waals surface area contributed by atoms with E-state index < -0.39 is 30.0 Å². The number of nitrogens with one attached hydrogen (secondary N) is 1. The summed E-state index contributed by atoms with van der Waals surface area (Å²) in [6.45, 7) is 16.1. The molecule has 0 spiro atoms. The molecule has 6 nitrogen and oxygen atoms in total. The Balaban J connectivity index is 3.10. The van der Waals surface area contributed by atoms with Crippen LogP contribution in [0.4, 0.5) is 0 Å². The first kappa shape index (κ1) is 28.1. The van der Waals surface area contributed by atoms with Crippen molar-refractivity contribution in [3.63, 3.8) is 0 Å². The van der Waals surface area contributed by atoms with Gasteiger partial charge in [-0.15, -0.1) is 0 Å². The molecule has 1 N–H and O–H groups in total. The van der Waals surface area contributed by atoms with Gasteiger partial charge in [0.1, 0.15) is 12.1 Å². The standard InChI is InChI=1S/C24H37N3O3SSi/c1-19(2)16-21(27-31(28,29)22-13-11-20(3)12-14-22)10-9-15-24(17-25,18-26)30-32(7,8)23(4,5)6/h9-14,19,21,27H,15-16H2,1-8H3/b10-9+/t21-/m1/s1. The first-order chi connectivity index (χ1) is 14.6. The highest BCUT2D eigenvalue weighted by Gasteiger charge is 2.45. The van der Waals surface area contributed by atoms with Gasteiger partial charge >= 0.3 is 0 Å². The van der Waals surface area contributed by atoms with Crippen LogP contribution in [0.25, 0.3) is 0 Å². The molecule has 1 atom stereocenters. The smallest absolute Gasteiger partial charge is 0.241 e. The summed E-state index contributed by atoms with van der Waals surface area (Å²) in [4.78, 5) is 0.204. The third-order valence-electron chi connectivity index (χ3n) is 5.73. The third kappa shape index (κ3) is 7.86. The van der Waals surface area contributed by atoms with Crippen LogP contribution in [0.5, 0.6) is 0 Å². The van der Waals surface area contributed by atoms with Crippen molar-refractivity contribution in [1.82, 2.24) is 4.72 Å². The van der Waals surface area contributed by atoms with Crippen LogP contribution in [0, 0.1) is 35.5 Å². The second kappa shape index (κ2) is 10.8. The van der Waals surface area contributed by atoms with Crippen molar-refractivity contribution in [2.45, 2.75) is 89.1 Å². The molecule has 32 heavy (non-hydrogen) atoms. The normalized spacial score (nSPS) is 14.3. The molecule has 0 fully saturated rings. The zero-order valence-electron chi connectivity index (χ0n) is 20.6. The van der Waals surface area contributed by atoms with E-state index in [-0.39, 0.29) is 22.3 Å². The van der Waals surface area contributed by atoms with E-state index in [4.69, 9.17) is 4.43 Å². The predicted octanol–water partition coefficient (Wildman–Crippen LogP) is 5.44. The van der Waals surface area contributed by atoms with Crippen LogP contribution >= 0.6 is 0 Å². The van der Waals surface area contributed by atoms with Gasteiger partial charge in [0.15, 0.2) is 8.32 Å². The Hall–Kier alpha value is -1.97. The van der Waals surface area contributed by atoms with Gasteiger partial charge in [0.05, 0.1) is 4.90 Å². The van der Waals surface area contributed by atoms with Gasteiger partial charge in [-0.2, -0.15) is 10.5 Å². The van der Waals surface area contributed by atoms with Crippen molar-refractivity contribution in [3.05, 3.63) is 42.0 Å². The number of aryl methyl sites for hydroxylation is 1. The molecule has 0 radical (unpaired) electrons. The minimum atomic E-state index is -3.70. The molecule has 0 amide bonds. The number of nitriles is 2. The molecule has 0 aromatic heterocycles. The van der Waals surface area contributed by atoms with Crippen LogP contribution in [0.15, 0.2) is 41.3 Å². The Kier molecular flexibility index (Phi) is 9.44. The Morgan fingerprint density at radius 2 is 1.66 bits per heavy atom. The van der Waals surface area contributed by atoms with Gasteiger partial charge in [0, 0.05) is 12.5 Å². The van der Waals surface area contributed by atoms with Gasteiger partial charge in [-0.3, -0.25) is 0 Å². The molecule has 176 valence electrons. The first-order valence-electron chi connectivity index (χ1n) is 10.9. The summed E-state index contributed by atoms with van der Waals surface area (Å²) < 4.78 is 34.6. The fourth-order valence-electron chi connectivity index (χ4n) is 2.85. The summed E-state index contributed by atoms with van der Waals surface area (Å²) in [5.41, 5.74) is -0.619. The van der Waals surface area contributed by atoms with Gasteiger partial charge in [0.25, 0.3) is 0 Å². The Morgan fingerprint density at radius 3 is 2.09 bits per heavy atom. The van der Waals surface area contributed by atoms with Gasteiger partial charge < -0.3 is 4.43 Å². The van der Waals surface area contributed by atoms with Gasteiger partial charge in [-0.1, -0.05) is 64.5 Å². The molecule has 1 rings (SSSR count). The Labute approximate surface area is 195 Å². The number of rotatable bonds is 10. The average molecular weight is 476 g/mol. The van der Waals surface area contributed by atoms with Gasteiger partial charge in [-0.05, 0) is 49.5 Å². The molecule has 0 aliphatic heterocycles. The van der Waals surface area contributed by atoms with E-state index in [1.165, 1.54) is 0 Å². The highest BCUT2D eigenvalue weighted by atomic mass is 32.2. The van der Waals surface area contributed by atoms with Crippen molar-refractivity contribution < 1.29 is 12.8 Å². The predicted molar refractivity (Wildman–Crippen MR) is 131 cm³/mol. The molecule has 0 heterocycles. The first-order valence-corrected chi connectivity index (χ1v) is 15.2. The average Bonchev–Trinajstić information content (AvgIpc) is 2.65. The number of sulfonamides is 1. The lowest BCUT2D eigenvalue weighted by molar-refractivity contribution is 0.168. The quantitative estimate of drug-likeness (QED) is 0.358. The molecule has 8 heteroatoms. The minimum Gasteiger partial charge on any atom is -0.388 e. The van der Waals surface area contributed by atoms with Gasteiger partial charge in [-0.25, -0.2) is 13.1 Å². The summed E-state index contributed by atoms with van der Waals surface area (Å²) in [5, 5.41) is 19.4. The molecule has 0 bridgehead atoms. The van der Waals surface area contributed by atoms with E-state index in [1.807, 2.05) is 66.8 Å². The summed E-state index contributed by atoms with van der Waals surface area (Å²) in [6, 6.07) is 10.3. The monoisotopic (exact) mass is 475 g/mol. The SMILES string of the molecule is Cc1ccc(S(=O)(=O)N[C@H](/C=C/CC(C#N)(C#N)O[Si](C)(C)C(C)(C)C)CC(C)C)cc1. The zero-order valence-corrected chi connectivity index (χ0v) is 22.4. The number of hydrogen-bond acceptors (Lipinski definition) is 5. The second-order valence-corrected chi connectivity index (χ2v) is 16.7. The second-order valence-electron chi connectivity index (χ2n) is 10.2. The lowest BCUT2D eigenvalue weighted by atomic mass is 10.0. The summed E-state index contributed by atoms with van der Waals surface area (Å²) in [6.07, 6.45) is 4.05. The van der Waals surface area contributed by atoms with E-state index in [2.05, 4.69) is 4.72 Å². The van der Waals surface area contributed by atoms with Crippen LogP contribution < -0.4 is 4.72 Å². The van der Waals surface area contributed by atoms with Crippen molar-refractivity contribution in [2.24, 2.45) is 5.92 Å². The van der Waals surface area contributed by atoms with Crippen molar-refractivity contribution >= 4 is 18.3 Å². The zero-order chi connectivity index (χ0) is 24.8. The highest BCUT2D eigenvalue weighted by molar-refractivity contribution is 7.89. The van der Waals surface area contributed by atoms with E-state index in [1.54, 1.807) is 36.4 Å². The molecular formula is C24H37N3O3SSi. The number of benzene rings is 1. The molecule has 0 saturated heterocycles. The number of hydrogen-bond donors (Lipinski definition) is 1. The van der Waals surface area contributed by atoms with Crippen LogP contribution in [-0.2, 0) is 14.4 Å². The van der Waals surface area contributed by atoms with Crippen molar-refractivity contribution in [2.75, 3.05) is 0 Å².